The molecule has 11 nitrogen and oxygen atoms in total. The van der Waals surface area contributed by atoms with E-state index in [1.165, 1.54) is 19.4 Å². The SMILES string of the molecule is Cc1cc(C(=O)N2CCN(C)CC2)ccc1Nc1ncc(Cl)c(NCc2cccnc2N(C)S(=O)[O-])n1. The first-order valence-corrected chi connectivity index (χ1v) is 13.0. The number of pyridine rings is 1. The molecule has 196 valence electrons. The summed E-state index contributed by atoms with van der Waals surface area (Å²) in [6, 6.07) is 8.98. The third-order valence-electron chi connectivity index (χ3n) is 6.09. The topological polar surface area (TPSA) is 130 Å². The number of nitrogens with one attached hydrogen (secondary N) is 2. The van der Waals surface area contributed by atoms with Crippen LogP contribution >= 0.6 is 11.6 Å². The quantitative estimate of drug-likeness (QED) is 0.412. The average molecular weight is 544 g/mol. The van der Waals surface area contributed by atoms with Gasteiger partial charge >= 0.3 is 0 Å². The zero-order valence-corrected chi connectivity index (χ0v) is 22.3. The van der Waals surface area contributed by atoms with Crippen LogP contribution in [0.5, 0.6) is 0 Å². The molecule has 13 heteroatoms. The molecule has 1 fully saturated rings. The Labute approximate surface area is 223 Å². The Morgan fingerprint density at radius 3 is 2.68 bits per heavy atom. The number of anilines is 4. The van der Waals surface area contributed by atoms with Crippen LogP contribution in [0, 0.1) is 6.92 Å². The van der Waals surface area contributed by atoms with E-state index in [0.717, 1.165) is 28.6 Å². The lowest BCUT2D eigenvalue weighted by atomic mass is 10.1. The molecule has 0 saturated carbocycles. The smallest absolute Gasteiger partial charge is 0.253 e. The lowest BCUT2D eigenvalue weighted by Gasteiger charge is -2.32. The third kappa shape index (κ3) is 6.52. The Bertz CT molecular complexity index is 1300. The predicted octanol–water partition coefficient (Wildman–Crippen LogP) is 2.81. The molecule has 1 amide bonds. The number of hydrogen-bond donors (Lipinski definition) is 2. The fourth-order valence-corrected chi connectivity index (χ4v) is 4.37. The molecule has 0 radical (unpaired) electrons. The number of halogens is 1. The van der Waals surface area contributed by atoms with Crippen molar-refractivity contribution in [2.45, 2.75) is 13.5 Å². The number of nitrogens with zero attached hydrogens (tertiary/aromatic N) is 6. The van der Waals surface area contributed by atoms with Crippen LogP contribution in [0.3, 0.4) is 0 Å². The highest BCUT2D eigenvalue weighted by atomic mass is 35.5. The van der Waals surface area contributed by atoms with Gasteiger partial charge in [-0.15, -0.1) is 0 Å². The van der Waals surface area contributed by atoms with Gasteiger partial charge in [0.15, 0.2) is 5.82 Å². The molecule has 37 heavy (non-hydrogen) atoms. The van der Waals surface area contributed by atoms with E-state index in [4.69, 9.17) is 11.6 Å². The summed E-state index contributed by atoms with van der Waals surface area (Å²) >= 11 is 3.85. The number of rotatable bonds is 8. The number of carbonyl (C=O) groups excluding carboxylic acids is 1. The molecule has 0 bridgehead atoms. The van der Waals surface area contributed by atoms with Crippen molar-refractivity contribution >= 4 is 52.0 Å². The van der Waals surface area contributed by atoms with Gasteiger partial charge in [-0.1, -0.05) is 17.7 Å². The van der Waals surface area contributed by atoms with E-state index in [1.807, 2.05) is 24.0 Å². The van der Waals surface area contributed by atoms with Crippen LogP contribution < -0.4 is 14.9 Å². The van der Waals surface area contributed by atoms with Gasteiger partial charge in [0, 0.05) is 74.0 Å². The molecule has 0 aliphatic carbocycles. The molecule has 3 heterocycles. The highest BCUT2D eigenvalue weighted by molar-refractivity contribution is 7.80. The zero-order chi connectivity index (χ0) is 26.5. The Balaban J connectivity index is 1.45. The maximum absolute atomic E-state index is 12.9. The van der Waals surface area contributed by atoms with Crippen LogP contribution in [0.15, 0.2) is 42.7 Å². The van der Waals surface area contributed by atoms with E-state index in [-0.39, 0.29) is 12.5 Å². The van der Waals surface area contributed by atoms with E-state index in [0.29, 0.717) is 46.8 Å². The van der Waals surface area contributed by atoms with E-state index in [1.54, 1.807) is 18.2 Å². The second-order valence-corrected chi connectivity index (χ2v) is 10.1. The molecule has 1 unspecified atom stereocenters. The summed E-state index contributed by atoms with van der Waals surface area (Å²) in [5.41, 5.74) is 2.93. The van der Waals surface area contributed by atoms with Gasteiger partial charge < -0.3 is 25.0 Å². The van der Waals surface area contributed by atoms with Crippen molar-refractivity contribution in [1.82, 2.24) is 24.8 Å². The number of likely N-dealkylation sites (N-methyl/N-ethyl adjacent to an activating group) is 1. The second kappa shape index (κ2) is 11.8. The van der Waals surface area contributed by atoms with Crippen LogP contribution in [0.1, 0.15) is 21.5 Å². The van der Waals surface area contributed by atoms with E-state index < -0.39 is 11.3 Å². The molecule has 1 atom stereocenters. The van der Waals surface area contributed by atoms with Gasteiger partial charge in [0.05, 0.1) is 6.20 Å². The summed E-state index contributed by atoms with van der Waals surface area (Å²) in [6.45, 7) is 5.32. The normalized spacial score (nSPS) is 14.8. The van der Waals surface area contributed by atoms with Crippen LogP contribution in [0.25, 0.3) is 0 Å². The van der Waals surface area contributed by atoms with Gasteiger partial charge in [0.1, 0.15) is 10.8 Å². The minimum atomic E-state index is -2.45. The van der Waals surface area contributed by atoms with Crippen molar-refractivity contribution < 1.29 is 13.6 Å². The number of carbonyl (C=O) groups is 1. The van der Waals surface area contributed by atoms with Crippen molar-refractivity contribution in [3.8, 4) is 0 Å². The average Bonchev–Trinajstić information content (AvgIpc) is 2.89. The third-order valence-corrected chi connectivity index (χ3v) is 6.99. The first-order chi connectivity index (χ1) is 17.7. The van der Waals surface area contributed by atoms with E-state index >= 15 is 0 Å². The summed E-state index contributed by atoms with van der Waals surface area (Å²) in [6.07, 6.45) is 3.00. The lowest BCUT2D eigenvalue weighted by Crippen LogP contribution is -2.47. The van der Waals surface area contributed by atoms with Gasteiger partial charge in [-0.25, -0.2) is 9.97 Å². The summed E-state index contributed by atoms with van der Waals surface area (Å²) in [5.74, 6) is 1.02. The number of hydrogen-bond acceptors (Lipinski definition) is 9. The number of piperazine rings is 1. The Morgan fingerprint density at radius 1 is 1.22 bits per heavy atom. The number of aromatic nitrogens is 3. The summed E-state index contributed by atoms with van der Waals surface area (Å²) in [7, 11) is 3.47. The fraction of sp³-hybridized carbons (Fsp3) is 0.333. The zero-order valence-electron chi connectivity index (χ0n) is 20.8. The maximum atomic E-state index is 12.9. The van der Waals surface area contributed by atoms with Crippen LogP contribution in [-0.2, 0) is 17.8 Å². The van der Waals surface area contributed by atoms with Crippen molar-refractivity contribution in [1.29, 1.82) is 0 Å². The van der Waals surface area contributed by atoms with Crippen molar-refractivity contribution in [3.63, 3.8) is 0 Å². The Morgan fingerprint density at radius 2 is 1.97 bits per heavy atom. The molecule has 1 aromatic carbocycles. The summed E-state index contributed by atoms with van der Waals surface area (Å²) < 4.78 is 23.8. The Kier molecular flexibility index (Phi) is 8.54. The number of amides is 1. The summed E-state index contributed by atoms with van der Waals surface area (Å²) in [5, 5.41) is 6.61. The predicted molar refractivity (Wildman–Crippen MR) is 144 cm³/mol. The first-order valence-electron chi connectivity index (χ1n) is 11.6. The monoisotopic (exact) mass is 543 g/mol. The molecular formula is C24H28ClN8O3S-. The number of benzene rings is 1. The molecule has 2 aromatic heterocycles. The van der Waals surface area contributed by atoms with Crippen molar-refractivity contribution in [2.24, 2.45) is 0 Å². The highest BCUT2D eigenvalue weighted by Crippen LogP contribution is 2.26. The van der Waals surface area contributed by atoms with Crippen molar-refractivity contribution in [2.75, 3.05) is 55.2 Å². The van der Waals surface area contributed by atoms with Crippen LogP contribution in [0.4, 0.5) is 23.3 Å². The van der Waals surface area contributed by atoms with Gasteiger partial charge in [0.25, 0.3) is 5.91 Å². The lowest BCUT2D eigenvalue weighted by molar-refractivity contribution is 0.0664. The molecule has 0 spiro atoms. The second-order valence-electron chi connectivity index (χ2n) is 8.69. The van der Waals surface area contributed by atoms with Crippen molar-refractivity contribution in [3.05, 3.63) is 64.4 Å². The van der Waals surface area contributed by atoms with E-state index in [2.05, 4.69) is 37.5 Å². The highest BCUT2D eigenvalue weighted by Gasteiger charge is 2.21. The van der Waals surface area contributed by atoms with Crippen LogP contribution in [-0.4, -0.2) is 79.7 Å². The van der Waals surface area contributed by atoms with Gasteiger partial charge in [-0.2, -0.15) is 4.98 Å². The largest absolute Gasteiger partial charge is 0.755 e. The molecule has 2 N–H and O–H groups in total. The number of aryl methyl sites for hydroxylation is 1. The van der Waals surface area contributed by atoms with Gasteiger partial charge in [-0.05, 0) is 43.8 Å². The minimum Gasteiger partial charge on any atom is -0.755 e. The Hall–Kier alpha value is -3.32. The van der Waals surface area contributed by atoms with Crippen LogP contribution in [0.2, 0.25) is 5.02 Å². The molecule has 3 aromatic rings. The maximum Gasteiger partial charge on any atom is 0.253 e. The molecular weight excluding hydrogens is 516 g/mol. The van der Waals surface area contributed by atoms with Gasteiger partial charge in [-0.3, -0.25) is 13.3 Å². The summed E-state index contributed by atoms with van der Waals surface area (Å²) in [4.78, 5) is 29.9. The van der Waals surface area contributed by atoms with E-state index in [9.17, 15) is 13.6 Å². The first kappa shape index (κ1) is 26.7. The van der Waals surface area contributed by atoms with Gasteiger partial charge in [0.2, 0.25) is 5.95 Å². The standard InChI is InChI=1S/C24H29ClN8O3S/c1-16-13-17(23(34)33-11-9-31(2)10-12-33)6-7-20(16)29-24-28-15-19(25)21(30-24)27-14-18-5-4-8-26-22(18)32(3)37(35)36/h4-8,13,15H,9-12,14H2,1-3H3,(H,35,36)(H2,27,28,29,30)/p-1. The molecule has 1 aliphatic rings. The molecule has 1 aliphatic heterocycles. The molecule has 4 rings (SSSR count). The minimum absolute atomic E-state index is 0.0261. The fourth-order valence-electron chi connectivity index (χ4n) is 3.90. The molecule has 1 saturated heterocycles.